The van der Waals surface area contributed by atoms with Crippen LogP contribution in [0.15, 0.2) is 30.5 Å². The van der Waals surface area contributed by atoms with E-state index in [4.69, 9.17) is 10.8 Å². The van der Waals surface area contributed by atoms with Crippen LogP contribution in [0.5, 0.6) is 0 Å². The van der Waals surface area contributed by atoms with Crippen molar-refractivity contribution in [1.29, 1.82) is 0 Å². The van der Waals surface area contributed by atoms with Gasteiger partial charge in [0.05, 0.1) is 6.04 Å². The van der Waals surface area contributed by atoms with E-state index in [0.29, 0.717) is 25.8 Å². The van der Waals surface area contributed by atoms with Gasteiger partial charge in [0.1, 0.15) is 18.1 Å². The number of nitrogens with zero attached hydrogens (tertiary/aromatic N) is 1. The molecule has 12 nitrogen and oxygen atoms in total. The van der Waals surface area contributed by atoms with Crippen LogP contribution in [0.3, 0.4) is 0 Å². The number of H-pyrrole nitrogens is 1. The van der Waals surface area contributed by atoms with E-state index < -0.39 is 54.3 Å². The lowest BCUT2D eigenvalue weighted by Gasteiger charge is -2.30. The van der Waals surface area contributed by atoms with Gasteiger partial charge >= 0.3 is 11.9 Å². The molecule has 5 unspecified atom stereocenters. The highest BCUT2D eigenvalue weighted by atomic mass is 16.4. The normalized spacial score (nSPS) is 18.2. The highest BCUT2D eigenvalue weighted by Crippen LogP contribution is 2.22. The van der Waals surface area contributed by atoms with Crippen molar-refractivity contribution in [3.05, 3.63) is 36.0 Å². The van der Waals surface area contributed by atoms with Crippen LogP contribution in [-0.2, 0) is 30.4 Å². The van der Waals surface area contributed by atoms with Gasteiger partial charge in [-0.25, -0.2) is 4.79 Å². The summed E-state index contributed by atoms with van der Waals surface area (Å²) in [6, 6.07) is 3.22. The largest absolute Gasteiger partial charge is 0.481 e. The smallest absolute Gasteiger partial charge is 0.326 e. The van der Waals surface area contributed by atoms with Gasteiger partial charge in [-0.05, 0) is 36.8 Å². The van der Waals surface area contributed by atoms with Crippen LogP contribution >= 0.6 is 0 Å². The molecule has 0 bridgehead atoms. The predicted octanol–water partition coefficient (Wildman–Crippen LogP) is 0.994. The molecule has 1 aromatic carbocycles. The van der Waals surface area contributed by atoms with Crippen molar-refractivity contribution in [3.8, 4) is 0 Å². The van der Waals surface area contributed by atoms with Gasteiger partial charge in [-0.2, -0.15) is 0 Å². The van der Waals surface area contributed by atoms with E-state index in [1.165, 1.54) is 4.90 Å². The number of aliphatic carboxylic acids is 2. The number of aromatic amines is 1. The molecule has 0 spiro atoms. The maximum absolute atomic E-state index is 13.4. The Labute approximate surface area is 226 Å². The molecule has 1 aliphatic heterocycles. The zero-order valence-corrected chi connectivity index (χ0v) is 22.2. The fraction of sp³-hybridized carbons (Fsp3) is 0.519. The third-order valence-corrected chi connectivity index (χ3v) is 7.37. The van der Waals surface area contributed by atoms with Crippen LogP contribution in [0.1, 0.15) is 51.5 Å². The number of carboxylic acids is 2. The molecule has 1 saturated heterocycles. The number of benzene rings is 1. The van der Waals surface area contributed by atoms with E-state index in [1.807, 2.05) is 38.1 Å². The SMILES string of the molecule is CCC(C)C(N)C(=O)N1CCCC1C(=O)NC(Cc1c[nH]c2ccccc12)C(=O)NC(CCC(=O)O)C(=O)O. The summed E-state index contributed by atoms with van der Waals surface area (Å²) >= 11 is 0. The van der Waals surface area contributed by atoms with Crippen molar-refractivity contribution in [2.24, 2.45) is 11.7 Å². The Bertz CT molecular complexity index is 1210. The molecule has 2 aromatic rings. The summed E-state index contributed by atoms with van der Waals surface area (Å²) in [5, 5.41) is 24.4. The van der Waals surface area contributed by atoms with Crippen molar-refractivity contribution in [3.63, 3.8) is 0 Å². The zero-order valence-electron chi connectivity index (χ0n) is 22.2. The number of amides is 3. The molecule has 3 amide bonds. The third kappa shape index (κ3) is 7.34. The lowest BCUT2D eigenvalue weighted by Crippen LogP contribution is -2.57. The number of nitrogens with two attached hydrogens (primary N) is 1. The quantitative estimate of drug-likeness (QED) is 0.215. The summed E-state index contributed by atoms with van der Waals surface area (Å²) in [6.07, 6.45) is 2.70. The minimum Gasteiger partial charge on any atom is -0.481 e. The van der Waals surface area contributed by atoms with E-state index in [9.17, 15) is 29.1 Å². The van der Waals surface area contributed by atoms with Crippen molar-refractivity contribution in [2.75, 3.05) is 6.54 Å². The molecule has 0 aliphatic carbocycles. The summed E-state index contributed by atoms with van der Waals surface area (Å²) < 4.78 is 0. The van der Waals surface area contributed by atoms with Crippen molar-refractivity contribution in [1.82, 2.24) is 20.5 Å². The third-order valence-electron chi connectivity index (χ3n) is 7.37. The highest BCUT2D eigenvalue weighted by molar-refractivity contribution is 5.95. The van der Waals surface area contributed by atoms with Crippen LogP contribution in [0, 0.1) is 5.92 Å². The molecule has 5 atom stereocenters. The molecule has 12 heteroatoms. The number of likely N-dealkylation sites (tertiary alicyclic amines) is 1. The molecule has 0 saturated carbocycles. The first-order valence-corrected chi connectivity index (χ1v) is 13.2. The number of aromatic nitrogens is 1. The molecule has 3 rings (SSSR count). The molecule has 7 N–H and O–H groups in total. The first-order valence-electron chi connectivity index (χ1n) is 13.2. The molecule has 0 radical (unpaired) electrons. The van der Waals surface area contributed by atoms with E-state index in [2.05, 4.69) is 15.6 Å². The molecular formula is C27H37N5O7. The molecule has 212 valence electrons. The number of nitrogens with one attached hydrogen (secondary N) is 3. The number of hydrogen-bond acceptors (Lipinski definition) is 6. The Hall–Kier alpha value is -3.93. The Kier molecular flexibility index (Phi) is 10.0. The van der Waals surface area contributed by atoms with Gasteiger partial charge in [0, 0.05) is 36.5 Å². The van der Waals surface area contributed by atoms with Crippen LogP contribution < -0.4 is 16.4 Å². The number of carboxylic acid groups (broad SMARTS) is 2. The summed E-state index contributed by atoms with van der Waals surface area (Å²) in [5.74, 6) is -4.26. The number of carbonyl (C=O) groups excluding carboxylic acids is 3. The van der Waals surface area contributed by atoms with Crippen LogP contribution in [-0.4, -0.2) is 80.5 Å². The molecule has 1 aliphatic rings. The molecule has 2 heterocycles. The fourth-order valence-corrected chi connectivity index (χ4v) is 4.79. The first-order chi connectivity index (χ1) is 18.5. The minimum absolute atomic E-state index is 0.0416. The van der Waals surface area contributed by atoms with E-state index >= 15 is 0 Å². The van der Waals surface area contributed by atoms with Gasteiger partial charge in [-0.1, -0.05) is 38.5 Å². The van der Waals surface area contributed by atoms with Gasteiger partial charge in [-0.15, -0.1) is 0 Å². The van der Waals surface area contributed by atoms with E-state index in [1.54, 1.807) is 6.20 Å². The number of fused-ring (bicyclic) bond motifs is 1. The van der Waals surface area contributed by atoms with Gasteiger partial charge in [-0.3, -0.25) is 19.2 Å². The summed E-state index contributed by atoms with van der Waals surface area (Å²) in [7, 11) is 0. The first kappa shape index (κ1) is 29.6. The Balaban J connectivity index is 1.83. The Morgan fingerprint density at radius 3 is 2.51 bits per heavy atom. The minimum atomic E-state index is -1.45. The second kappa shape index (κ2) is 13.2. The zero-order chi connectivity index (χ0) is 28.7. The molecule has 1 aromatic heterocycles. The van der Waals surface area contributed by atoms with Crippen LogP contribution in [0.2, 0.25) is 0 Å². The topological polar surface area (TPSA) is 195 Å². The second-order valence-electron chi connectivity index (χ2n) is 10.1. The summed E-state index contributed by atoms with van der Waals surface area (Å²) in [4.78, 5) is 67.0. The second-order valence-corrected chi connectivity index (χ2v) is 10.1. The van der Waals surface area contributed by atoms with Gasteiger partial charge in [0.2, 0.25) is 17.7 Å². The summed E-state index contributed by atoms with van der Waals surface area (Å²) in [5.41, 5.74) is 7.70. The number of hydrogen-bond donors (Lipinski definition) is 6. The van der Waals surface area contributed by atoms with Crippen LogP contribution in [0.4, 0.5) is 0 Å². The molecule has 1 fully saturated rings. The lowest BCUT2D eigenvalue weighted by atomic mass is 9.98. The Morgan fingerprint density at radius 2 is 1.85 bits per heavy atom. The van der Waals surface area contributed by atoms with Crippen LogP contribution in [0.25, 0.3) is 10.9 Å². The van der Waals surface area contributed by atoms with Crippen molar-refractivity contribution >= 4 is 40.6 Å². The predicted molar refractivity (Wildman–Crippen MR) is 143 cm³/mol. The summed E-state index contributed by atoms with van der Waals surface area (Å²) in [6.45, 7) is 4.18. The maximum Gasteiger partial charge on any atom is 0.326 e. The average molecular weight is 544 g/mol. The number of para-hydroxylation sites is 1. The standard InChI is InChI=1S/C27H37N5O7/c1-3-15(2)23(28)26(37)32-12-6-9-21(32)25(36)31-20(13-16-14-29-18-8-5-4-7-17(16)18)24(35)30-19(27(38)39)10-11-22(33)34/h4-5,7-8,14-15,19-21,23,29H,3,6,9-13,28H2,1-2H3,(H,30,35)(H,31,36)(H,33,34)(H,38,39). The van der Waals surface area contributed by atoms with Gasteiger partial charge in [0.15, 0.2) is 0 Å². The molecular weight excluding hydrogens is 506 g/mol. The molecule has 39 heavy (non-hydrogen) atoms. The van der Waals surface area contributed by atoms with Crippen molar-refractivity contribution < 1.29 is 34.2 Å². The lowest BCUT2D eigenvalue weighted by molar-refractivity contribution is -0.144. The number of carbonyl (C=O) groups is 5. The van der Waals surface area contributed by atoms with E-state index in [0.717, 1.165) is 16.5 Å². The van der Waals surface area contributed by atoms with Crippen molar-refractivity contribution in [2.45, 2.75) is 76.5 Å². The van der Waals surface area contributed by atoms with E-state index in [-0.39, 0.29) is 24.7 Å². The fourth-order valence-electron chi connectivity index (χ4n) is 4.79. The monoisotopic (exact) mass is 543 g/mol. The van der Waals surface area contributed by atoms with Gasteiger partial charge in [0.25, 0.3) is 0 Å². The van der Waals surface area contributed by atoms with Gasteiger partial charge < -0.3 is 36.5 Å². The highest BCUT2D eigenvalue weighted by Gasteiger charge is 2.39. The Morgan fingerprint density at radius 1 is 1.13 bits per heavy atom. The number of rotatable bonds is 13. The maximum atomic E-state index is 13.4. The average Bonchev–Trinajstić information content (AvgIpc) is 3.56.